The summed E-state index contributed by atoms with van der Waals surface area (Å²) in [4.78, 5) is 27.1. The van der Waals surface area contributed by atoms with Crippen LogP contribution in [0, 0.1) is 0 Å². The van der Waals surface area contributed by atoms with Crippen LogP contribution in [0.2, 0.25) is 0 Å². The molecule has 0 spiro atoms. The molecule has 0 saturated carbocycles. The zero-order chi connectivity index (χ0) is 14.5. The molecule has 3 N–H and O–H groups in total. The number of carboxylic acids is 1. The molecule has 104 valence electrons. The second-order valence-corrected chi connectivity index (χ2v) is 4.27. The van der Waals surface area contributed by atoms with Gasteiger partial charge in [0.15, 0.2) is 0 Å². The molecule has 0 saturated heterocycles. The molecule has 1 amide bonds. The monoisotopic (exact) mass is 274 g/mol. The molecule has 2 aromatic rings. The van der Waals surface area contributed by atoms with Crippen LogP contribution in [0.25, 0.3) is 10.9 Å². The molecule has 0 radical (unpaired) electrons. The number of nitrogens with one attached hydrogen (secondary N) is 1. The van der Waals surface area contributed by atoms with Crippen LogP contribution < -0.4 is 5.32 Å². The Bertz CT molecular complexity index is 642. The number of carbonyl (C=O) groups excluding carboxylic acids is 1. The van der Waals surface area contributed by atoms with E-state index >= 15 is 0 Å². The van der Waals surface area contributed by atoms with Crippen molar-refractivity contribution in [2.45, 2.75) is 12.5 Å². The number of rotatable bonds is 5. The molecule has 1 aromatic carbocycles. The van der Waals surface area contributed by atoms with Crippen molar-refractivity contribution < 1.29 is 19.8 Å². The number of hydrogen-bond acceptors (Lipinski definition) is 4. The highest BCUT2D eigenvalue weighted by Crippen LogP contribution is 2.11. The second-order valence-electron chi connectivity index (χ2n) is 4.27. The lowest BCUT2D eigenvalue weighted by Crippen LogP contribution is -2.41. The van der Waals surface area contributed by atoms with Gasteiger partial charge in [-0.05, 0) is 12.1 Å². The highest BCUT2D eigenvalue weighted by Gasteiger charge is 2.20. The van der Waals surface area contributed by atoms with E-state index in [4.69, 9.17) is 10.2 Å². The van der Waals surface area contributed by atoms with Gasteiger partial charge < -0.3 is 15.5 Å². The molecule has 6 nitrogen and oxygen atoms in total. The van der Waals surface area contributed by atoms with Gasteiger partial charge in [0.25, 0.3) is 5.91 Å². The fourth-order valence-corrected chi connectivity index (χ4v) is 1.81. The number of hydrogen-bond donors (Lipinski definition) is 3. The molecular formula is C14H14N2O4. The minimum absolute atomic E-state index is 0.0470. The molecule has 1 atom stereocenters. The van der Waals surface area contributed by atoms with Crippen molar-refractivity contribution in [2.24, 2.45) is 0 Å². The van der Waals surface area contributed by atoms with E-state index in [0.717, 1.165) is 5.39 Å². The maximum atomic E-state index is 12.0. The third-order valence-corrected chi connectivity index (χ3v) is 2.85. The van der Waals surface area contributed by atoms with Crippen molar-refractivity contribution in [3.05, 3.63) is 42.1 Å². The largest absolute Gasteiger partial charge is 0.480 e. The SMILES string of the molecule is O=C(NC(CCO)C(=O)O)c1ccc2ccccc2n1. The number of aliphatic hydroxyl groups is 1. The molecule has 6 heteroatoms. The summed E-state index contributed by atoms with van der Waals surface area (Å²) in [5.41, 5.74) is 0.807. The summed E-state index contributed by atoms with van der Waals surface area (Å²) in [6.45, 7) is -0.317. The van der Waals surface area contributed by atoms with E-state index in [9.17, 15) is 9.59 Å². The van der Waals surface area contributed by atoms with Crippen LogP contribution in [0.4, 0.5) is 0 Å². The Balaban J connectivity index is 2.20. The normalized spacial score (nSPS) is 12.1. The minimum Gasteiger partial charge on any atom is -0.480 e. The molecule has 0 aliphatic heterocycles. The molecule has 0 bridgehead atoms. The Morgan fingerprint density at radius 3 is 2.65 bits per heavy atom. The number of aliphatic hydroxyl groups excluding tert-OH is 1. The van der Waals surface area contributed by atoms with E-state index in [-0.39, 0.29) is 18.7 Å². The van der Waals surface area contributed by atoms with Gasteiger partial charge in [0, 0.05) is 18.4 Å². The Labute approximate surface area is 115 Å². The number of aliphatic carboxylic acids is 1. The number of carboxylic acid groups (broad SMARTS) is 1. The van der Waals surface area contributed by atoms with Crippen molar-refractivity contribution in [3.63, 3.8) is 0 Å². The molecule has 0 fully saturated rings. The van der Waals surface area contributed by atoms with Crippen LogP contribution >= 0.6 is 0 Å². The predicted molar refractivity (Wildman–Crippen MR) is 72.3 cm³/mol. The van der Waals surface area contributed by atoms with Crippen LogP contribution in [0.5, 0.6) is 0 Å². The third-order valence-electron chi connectivity index (χ3n) is 2.85. The average Bonchev–Trinajstić information content (AvgIpc) is 2.46. The highest BCUT2D eigenvalue weighted by atomic mass is 16.4. The standard InChI is InChI=1S/C14H14N2O4/c17-8-7-12(14(19)20)16-13(18)11-6-5-9-3-1-2-4-10(9)15-11/h1-6,12,17H,7-8H2,(H,16,18)(H,19,20). The summed E-state index contributed by atoms with van der Waals surface area (Å²) >= 11 is 0. The van der Waals surface area contributed by atoms with Crippen LogP contribution in [0.1, 0.15) is 16.9 Å². The summed E-state index contributed by atoms with van der Waals surface area (Å²) in [6, 6.07) is 9.48. The molecule has 2 rings (SSSR count). The zero-order valence-corrected chi connectivity index (χ0v) is 10.6. The molecule has 1 unspecified atom stereocenters. The Morgan fingerprint density at radius 2 is 1.95 bits per heavy atom. The fourth-order valence-electron chi connectivity index (χ4n) is 1.81. The maximum Gasteiger partial charge on any atom is 0.326 e. The molecule has 20 heavy (non-hydrogen) atoms. The number of aromatic nitrogens is 1. The fraction of sp³-hybridized carbons (Fsp3) is 0.214. The van der Waals surface area contributed by atoms with Gasteiger partial charge in [0.2, 0.25) is 0 Å². The van der Waals surface area contributed by atoms with Crippen molar-refractivity contribution in [1.82, 2.24) is 10.3 Å². The number of fused-ring (bicyclic) bond motifs is 1. The first-order valence-corrected chi connectivity index (χ1v) is 6.12. The van der Waals surface area contributed by atoms with E-state index in [0.29, 0.717) is 5.52 Å². The van der Waals surface area contributed by atoms with Crippen LogP contribution in [0.15, 0.2) is 36.4 Å². The van der Waals surface area contributed by atoms with Gasteiger partial charge >= 0.3 is 5.97 Å². The Kier molecular flexibility index (Phi) is 4.27. The predicted octanol–water partition coefficient (Wildman–Crippen LogP) is 0.800. The lowest BCUT2D eigenvalue weighted by molar-refractivity contribution is -0.139. The summed E-state index contributed by atoms with van der Waals surface area (Å²) in [5, 5.41) is 20.9. The summed E-state index contributed by atoms with van der Waals surface area (Å²) in [5.74, 6) is -1.76. The van der Waals surface area contributed by atoms with Gasteiger partial charge in [-0.15, -0.1) is 0 Å². The lowest BCUT2D eigenvalue weighted by atomic mass is 10.2. The van der Waals surface area contributed by atoms with E-state index < -0.39 is 17.9 Å². The van der Waals surface area contributed by atoms with Gasteiger partial charge in [0.1, 0.15) is 11.7 Å². The third kappa shape index (κ3) is 3.10. The van der Waals surface area contributed by atoms with Gasteiger partial charge in [0.05, 0.1) is 5.52 Å². The highest BCUT2D eigenvalue weighted by molar-refractivity contribution is 5.96. The van der Waals surface area contributed by atoms with Gasteiger partial charge in [-0.1, -0.05) is 24.3 Å². The van der Waals surface area contributed by atoms with Gasteiger partial charge in [-0.3, -0.25) is 4.79 Å². The quantitative estimate of drug-likeness (QED) is 0.749. The number of carbonyl (C=O) groups is 2. The number of nitrogens with zero attached hydrogens (tertiary/aromatic N) is 1. The van der Waals surface area contributed by atoms with Crippen LogP contribution in [-0.2, 0) is 4.79 Å². The first-order valence-electron chi connectivity index (χ1n) is 6.12. The van der Waals surface area contributed by atoms with Crippen LogP contribution in [-0.4, -0.2) is 39.7 Å². The number of pyridine rings is 1. The van der Waals surface area contributed by atoms with Crippen molar-refractivity contribution in [1.29, 1.82) is 0 Å². The first-order chi connectivity index (χ1) is 9.61. The van der Waals surface area contributed by atoms with E-state index in [1.54, 1.807) is 12.1 Å². The summed E-state index contributed by atoms with van der Waals surface area (Å²) in [7, 11) is 0. The Morgan fingerprint density at radius 1 is 1.20 bits per heavy atom. The van der Waals surface area contributed by atoms with Crippen molar-refractivity contribution >= 4 is 22.8 Å². The number of amides is 1. The molecule has 0 aliphatic rings. The number of para-hydroxylation sites is 1. The molecule has 1 heterocycles. The summed E-state index contributed by atoms with van der Waals surface area (Å²) < 4.78 is 0. The smallest absolute Gasteiger partial charge is 0.326 e. The van der Waals surface area contributed by atoms with Crippen molar-refractivity contribution in [2.75, 3.05) is 6.61 Å². The molecule has 0 aliphatic carbocycles. The first kappa shape index (κ1) is 14.0. The molecular weight excluding hydrogens is 260 g/mol. The minimum atomic E-state index is -1.19. The van der Waals surface area contributed by atoms with Gasteiger partial charge in [-0.2, -0.15) is 0 Å². The number of benzene rings is 1. The van der Waals surface area contributed by atoms with E-state index in [2.05, 4.69) is 10.3 Å². The topological polar surface area (TPSA) is 99.5 Å². The van der Waals surface area contributed by atoms with Crippen molar-refractivity contribution in [3.8, 4) is 0 Å². The van der Waals surface area contributed by atoms with Crippen LogP contribution in [0.3, 0.4) is 0 Å². The maximum absolute atomic E-state index is 12.0. The van der Waals surface area contributed by atoms with E-state index in [1.165, 1.54) is 6.07 Å². The zero-order valence-electron chi connectivity index (χ0n) is 10.6. The molecule has 1 aromatic heterocycles. The average molecular weight is 274 g/mol. The van der Waals surface area contributed by atoms with Gasteiger partial charge in [-0.25, -0.2) is 9.78 Å². The summed E-state index contributed by atoms with van der Waals surface area (Å²) in [6.07, 6.45) is -0.0470. The lowest BCUT2D eigenvalue weighted by Gasteiger charge is -2.12. The van der Waals surface area contributed by atoms with E-state index in [1.807, 2.05) is 18.2 Å². The Hall–Kier alpha value is -2.47. The second kappa shape index (κ2) is 6.12.